The van der Waals surface area contributed by atoms with Gasteiger partial charge in [-0.25, -0.2) is 4.79 Å². The van der Waals surface area contributed by atoms with E-state index in [0.29, 0.717) is 32.8 Å². The average Bonchev–Trinajstić information content (AvgIpc) is 3.52. The Bertz CT molecular complexity index is 2480. The first-order valence-electron chi connectivity index (χ1n) is 20.4. The monoisotopic (exact) mass is 842 g/mol. The predicted molar refractivity (Wildman–Crippen MR) is 234 cm³/mol. The lowest BCUT2D eigenvalue weighted by molar-refractivity contribution is -0.175. The minimum absolute atomic E-state index is 0.0435. The van der Waals surface area contributed by atoms with Crippen LogP contribution in [0.5, 0.6) is 11.5 Å². The Kier molecular flexibility index (Phi) is 12.9. The Hall–Kier alpha value is -6.53. The van der Waals surface area contributed by atoms with Crippen molar-refractivity contribution in [3.8, 4) is 11.5 Å². The van der Waals surface area contributed by atoms with Crippen molar-refractivity contribution >= 4 is 17.8 Å². The molecule has 0 saturated heterocycles. The van der Waals surface area contributed by atoms with Crippen LogP contribution >= 0.6 is 0 Å². The summed E-state index contributed by atoms with van der Waals surface area (Å²) in [4.78, 5) is 69.1. The molecule has 0 bridgehead atoms. The number of carbonyl (C=O) groups is 3. The zero-order valence-corrected chi connectivity index (χ0v) is 36.5. The van der Waals surface area contributed by atoms with Crippen molar-refractivity contribution in [3.05, 3.63) is 177 Å². The van der Waals surface area contributed by atoms with E-state index < -0.39 is 63.1 Å². The van der Waals surface area contributed by atoms with Crippen LogP contribution in [0.15, 0.2) is 143 Å². The van der Waals surface area contributed by atoms with Gasteiger partial charge in [0.25, 0.3) is 11.5 Å². The molecule has 0 spiro atoms. The van der Waals surface area contributed by atoms with Crippen molar-refractivity contribution in [1.29, 1.82) is 0 Å². The first kappa shape index (κ1) is 45.0. The number of nitrogens with zero attached hydrogens (tertiary/aromatic N) is 2. The standard InChI is InChI=1S/C50H54N2O10/c1-33-40(51-29-28-42(53)52(46(51)57)43(54)34-16-12-10-13-17-34)30-41(62-45(56)48(5,6)7)49(33,31-60-44(55)47(2,3)4)32-61-50(35-18-14-11-15-19-35,36-20-24-38(58-8)25-21-36)37-22-26-39(59-9)27-23-37/h10-29,40-41H,1,30-32H2,2-9H3/t40-,41-,49+/m0/s1. The first-order valence-corrected chi connectivity index (χ1v) is 20.4. The van der Waals surface area contributed by atoms with Crippen LogP contribution in [-0.2, 0) is 29.4 Å². The fourth-order valence-corrected chi connectivity index (χ4v) is 7.62. The normalized spacial score (nSPS) is 17.9. The molecule has 0 N–H and O–H groups in total. The van der Waals surface area contributed by atoms with Crippen molar-refractivity contribution in [2.24, 2.45) is 16.2 Å². The van der Waals surface area contributed by atoms with Gasteiger partial charge < -0.3 is 23.7 Å². The third-order valence-corrected chi connectivity index (χ3v) is 11.3. The Morgan fingerprint density at radius 3 is 1.68 bits per heavy atom. The lowest BCUT2D eigenvalue weighted by Gasteiger charge is -2.42. The molecule has 1 aliphatic carbocycles. The summed E-state index contributed by atoms with van der Waals surface area (Å²) in [5.41, 5.74) is -3.91. The van der Waals surface area contributed by atoms with Crippen LogP contribution < -0.4 is 20.7 Å². The van der Waals surface area contributed by atoms with Gasteiger partial charge in [-0.05, 0) is 100 Å². The van der Waals surface area contributed by atoms with E-state index in [-0.39, 0.29) is 25.2 Å². The minimum atomic E-state index is -1.52. The summed E-state index contributed by atoms with van der Waals surface area (Å²) in [5, 5.41) is 0. The largest absolute Gasteiger partial charge is 0.497 e. The van der Waals surface area contributed by atoms with Crippen LogP contribution in [0.2, 0.25) is 0 Å². The smallest absolute Gasteiger partial charge is 0.338 e. The molecule has 62 heavy (non-hydrogen) atoms. The molecule has 1 fully saturated rings. The van der Waals surface area contributed by atoms with Crippen LogP contribution in [0.3, 0.4) is 0 Å². The maximum absolute atomic E-state index is 14.4. The summed E-state index contributed by atoms with van der Waals surface area (Å²) in [7, 11) is 3.16. The minimum Gasteiger partial charge on any atom is -0.497 e. The maximum Gasteiger partial charge on any atom is 0.338 e. The summed E-state index contributed by atoms with van der Waals surface area (Å²) in [6, 6.07) is 32.7. The average molecular weight is 843 g/mol. The molecule has 0 amide bonds. The summed E-state index contributed by atoms with van der Waals surface area (Å²) in [5.74, 6) is -0.662. The molecule has 4 aromatic carbocycles. The fourth-order valence-electron chi connectivity index (χ4n) is 7.62. The van der Waals surface area contributed by atoms with Gasteiger partial charge in [0.15, 0.2) is 0 Å². The molecule has 12 nitrogen and oxygen atoms in total. The number of benzene rings is 4. The van der Waals surface area contributed by atoms with Crippen LogP contribution in [0.1, 0.15) is 81.1 Å². The molecular weight excluding hydrogens is 789 g/mol. The zero-order chi connectivity index (χ0) is 45.0. The predicted octanol–water partition coefficient (Wildman–Crippen LogP) is 7.76. The SMILES string of the molecule is C=C1[C@@H](n2ccc(=O)n(C(=O)c3ccccc3)c2=O)C[C@H](OC(=O)C(C)(C)C)[C@]1(COC(=O)C(C)(C)C)COC(c1ccccc1)(c1ccc(OC)cc1)c1ccc(OC)cc1. The quantitative estimate of drug-likeness (QED) is 0.0656. The molecule has 1 heterocycles. The second kappa shape index (κ2) is 17.8. The van der Waals surface area contributed by atoms with Crippen LogP contribution in [0, 0.1) is 16.2 Å². The van der Waals surface area contributed by atoms with E-state index in [2.05, 4.69) is 6.58 Å². The van der Waals surface area contributed by atoms with Gasteiger partial charge in [-0.2, -0.15) is 4.57 Å². The van der Waals surface area contributed by atoms with Gasteiger partial charge in [-0.1, -0.05) is 79.4 Å². The van der Waals surface area contributed by atoms with Crippen molar-refractivity contribution in [2.45, 2.75) is 65.7 Å². The zero-order valence-electron chi connectivity index (χ0n) is 36.5. The van der Waals surface area contributed by atoms with Crippen molar-refractivity contribution in [3.63, 3.8) is 0 Å². The summed E-state index contributed by atoms with van der Waals surface area (Å²) in [6.45, 7) is 14.3. The highest BCUT2D eigenvalue weighted by Gasteiger charge is 2.57. The third kappa shape index (κ3) is 8.78. The number of carbonyl (C=O) groups excluding carboxylic acids is 3. The van der Waals surface area contributed by atoms with E-state index >= 15 is 0 Å². The highest BCUT2D eigenvalue weighted by atomic mass is 16.6. The molecule has 5 aromatic rings. The molecule has 0 unspecified atom stereocenters. The summed E-state index contributed by atoms with van der Waals surface area (Å²) in [6.07, 6.45) is 0.161. The number of hydrogen-bond donors (Lipinski definition) is 0. The number of rotatable bonds is 13. The third-order valence-electron chi connectivity index (χ3n) is 11.3. The Morgan fingerprint density at radius 1 is 0.677 bits per heavy atom. The van der Waals surface area contributed by atoms with Gasteiger partial charge in [0, 0.05) is 24.2 Å². The maximum atomic E-state index is 14.4. The molecule has 1 saturated carbocycles. The van der Waals surface area contributed by atoms with Crippen molar-refractivity contribution in [1.82, 2.24) is 9.13 Å². The number of ether oxygens (including phenoxy) is 5. The number of methoxy groups -OCH3 is 2. The molecular formula is C50H54N2O10. The highest BCUT2D eigenvalue weighted by Crippen LogP contribution is 2.53. The second-order valence-electron chi connectivity index (χ2n) is 17.5. The highest BCUT2D eigenvalue weighted by molar-refractivity contribution is 5.95. The van der Waals surface area contributed by atoms with Gasteiger partial charge >= 0.3 is 17.6 Å². The van der Waals surface area contributed by atoms with Crippen molar-refractivity contribution < 1.29 is 38.1 Å². The fraction of sp³-hybridized carbons (Fsp3) is 0.340. The molecule has 0 aliphatic heterocycles. The molecule has 0 radical (unpaired) electrons. The van der Waals surface area contributed by atoms with Gasteiger partial charge in [0.1, 0.15) is 29.8 Å². The van der Waals surface area contributed by atoms with Crippen LogP contribution in [0.25, 0.3) is 0 Å². The summed E-state index contributed by atoms with van der Waals surface area (Å²) >= 11 is 0. The molecule has 3 atom stereocenters. The van der Waals surface area contributed by atoms with E-state index in [1.54, 1.807) is 74.0 Å². The molecule has 1 aromatic heterocycles. The van der Waals surface area contributed by atoms with E-state index in [0.717, 1.165) is 11.6 Å². The molecule has 1 aliphatic rings. The van der Waals surface area contributed by atoms with Crippen LogP contribution in [-0.4, -0.2) is 60.5 Å². The van der Waals surface area contributed by atoms with E-state index in [4.69, 9.17) is 23.7 Å². The summed E-state index contributed by atoms with van der Waals surface area (Å²) < 4.78 is 32.9. The van der Waals surface area contributed by atoms with E-state index in [9.17, 15) is 24.0 Å². The van der Waals surface area contributed by atoms with Crippen molar-refractivity contribution in [2.75, 3.05) is 27.4 Å². The molecule has 324 valence electrons. The van der Waals surface area contributed by atoms with Gasteiger partial charge in [0.05, 0.1) is 43.1 Å². The van der Waals surface area contributed by atoms with E-state index in [1.165, 1.54) is 22.9 Å². The lowest BCUT2D eigenvalue weighted by Crippen LogP contribution is -2.48. The van der Waals surface area contributed by atoms with Crippen LogP contribution in [0.4, 0.5) is 0 Å². The number of aromatic nitrogens is 2. The van der Waals surface area contributed by atoms with E-state index in [1.807, 2.05) is 78.9 Å². The lowest BCUT2D eigenvalue weighted by atomic mass is 9.78. The first-order chi connectivity index (χ1) is 29.4. The van der Waals surface area contributed by atoms with Gasteiger partial charge in [-0.3, -0.25) is 23.7 Å². The molecule has 12 heteroatoms. The Balaban J connectivity index is 1.58. The number of hydrogen-bond acceptors (Lipinski definition) is 10. The number of esters is 2. The second-order valence-corrected chi connectivity index (χ2v) is 17.5. The van der Waals surface area contributed by atoms with Gasteiger partial charge in [0.2, 0.25) is 0 Å². The Morgan fingerprint density at radius 2 is 1.18 bits per heavy atom. The topological polar surface area (TPSA) is 141 Å². The molecule has 6 rings (SSSR count). The Labute approximate surface area is 361 Å². The van der Waals surface area contributed by atoms with Gasteiger partial charge in [-0.15, -0.1) is 0 Å².